The van der Waals surface area contributed by atoms with E-state index >= 15 is 0 Å². The molecule has 4 heterocycles. The van der Waals surface area contributed by atoms with Crippen LogP contribution >= 0.6 is 23.1 Å². The lowest BCUT2D eigenvalue weighted by Gasteiger charge is -2.11. The molecule has 0 N–H and O–H groups in total. The van der Waals surface area contributed by atoms with E-state index in [4.69, 9.17) is 4.98 Å². The molecular weight excluding hydrogens is 286 g/mol. The highest BCUT2D eigenvalue weighted by atomic mass is 32.2. The quantitative estimate of drug-likeness (QED) is 0.738. The van der Waals surface area contributed by atoms with E-state index in [-0.39, 0.29) is 0 Å². The third-order valence-electron chi connectivity index (χ3n) is 3.72. The topological polar surface area (TPSA) is 30.7 Å². The average Bonchev–Trinajstić information content (AvgIpc) is 3.19. The van der Waals surface area contributed by atoms with Crippen molar-refractivity contribution in [3.8, 4) is 0 Å². The predicted octanol–water partition coefficient (Wildman–Crippen LogP) is 3.76. The molecule has 0 spiro atoms. The van der Waals surface area contributed by atoms with Crippen molar-refractivity contribution in [3.63, 3.8) is 0 Å². The summed E-state index contributed by atoms with van der Waals surface area (Å²) in [6.45, 7) is 0.891. The molecule has 0 aliphatic carbocycles. The molecule has 3 nitrogen and oxygen atoms in total. The fraction of sp³-hybridized carbons (Fsp3) is 0.333. The number of imidazole rings is 1. The maximum atomic E-state index is 4.87. The van der Waals surface area contributed by atoms with E-state index in [0.717, 1.165) is 17.7 Å². The summed E-state index contributed by atoms with van der Waals surface area (Å²) in [5, 5.41) is 2.13. The van der Waals surface area contributed by atoms with Crippen molar-refractivity contribution in [1.82, 2.24) is 14.5 Å². The zero-order valence-corrected chi connectivity index (χ0v) is 12.7. The molecule has 20 heavy (non-hydrogen) atoms. The molecule has 0 saturated carbocycles. The first-order valence-corrected chi connectivity index (χ1v) is 8.86. The molecule has 4 rings (SSSR count). The van der Waals surface area contributed by atoms with Crippen molar-refractivity contribution in [2.45, 2.75) is 18.9 Å². The minimum atomic E-state index is 0.578. The molecule has 1 saturated heterocycles. The molecule has 0 aromatic carbocycles. The van der Waals surface area contributed by atoms with Crippen molar-refractivity contribution < 1.29 is 0 Å². The minimum absolute atomic E-state index is 0.578. The second-order valence-electron chi connectivity index (χ2n) is 5.04. The summed E-state index contributed by atoms with van der Waals surface area (Å²) in [6, 6.07) is 8.33. The van der Waals surface area contributed by atoms with Crippen LogP contribution in [-0.2, 0) is 6.54 Å². The van der Waals surface area contributed by atoms with Crippen LogP contribution in [-0.4, -0.2) is 26.0 Å². The minimum Gasteiger partial charge on any atom is -0.307 e. The van der Waals surface area contributed by atoms with Gasteiger partial charge in [0.1, 0.15) is 11.3 Å². The number of rotatable bonds is 3. The Hall–Kier alpha value is -1.33. The van der Waals surface area contributed by atoms with Gasteiger partial charge in [-0.3, -0.25) is 0 Å². The molecule has 3 aromatic rings. The largest absolute Gasteiger partial charge is 0.307 e. The zero-order valence-electron chi connectivity index (χ0n) is 11.0. The molecule has 1 fully saturated rings. The number of nitrogens with zero attached hydrogens (tertiary/aromatic N) is 3. The number of aromatic nitrogens is 3. The molecule has 1 unspecified atom stereocenters. The Morgan fingerprint density at radius 1 is 1.30 bits per heavy atom. The van der Waals surface area contributed by atoms with Crippen LogP contribution in [0.15, 0.2) is 35.8 Å². The SMILES string of the molecule is c1csc(Cn2c(C3CCSC3)nc3cccnc32)c1. The number of hydrogen-bond acceptors (Lipinski definition) is 4. The Kier molecular flexibility index (Phi) is 3.24. The highest BCUT2D eigenvalue weighted by Gasteiger charge is 2.24. The highest BCUT2D eigenvalue weighted by Crippen LogP contribution is 2.33. The molecular formula is C15H15N3S2. The van der Waals surface area contributed by atoms with Gasteiger partial charge in [0.05, 0.1) is 6.54 Å². The molecule has 102 valence electrons. The van der Waals surface area contributed by atoms with Gasteiger partial charge < -0.3 is 4.57 Å². The Morgan fingerprint density at radius 2 is 2.30 bits per heavy atom. The second kappa shape index (κ2) is 5.22. The average molecular weight is 301 g/mol. The number of hydrogen-bond donors (Lipinski definition) is 0. The molecule has 1 atom stereocenters. The van der Waals surface area contributed by atoms with E-state index in [9.17, 15) is 0 Å². The highest BCUT2D eigenvalue weighted by molar-refractivity contribution is 7.99. The van der Waals surface area contributed by atoms with Gasteiger partial charge >= 0.3 is 0 Å². The summed E-state index contributed by atoms with van der Waals surface area (Å²) in [6.07, 6.45) is 3.10. The summed E-state index contributed by atoms with van der Waals surface area (Å²) in [5.74, 6) is 4.24. The third-order valence-corrected chi connectivity index (χ3v) is 5.75. The van der Waals surface area contributed by atoms with E-state index in [2.05, 4.69) is 33.1 Å². The number of thiophene rings is 1. The maximum Gasteiger partial charge on any atom is 0.160 e. The molecule has 5 heteroatoms. The van der Waals surface area contributed by atoms with Crippen LogP contribution in [0.2, 0.25) is 0 Å². The summed E-state index contributed by atoms with van der Waals surface area (Å²) < 4.78 is 2.32. The molecule has 0 amide bonds. The van der Waals surface area contributed by atoms with Crippen LogP contribution in [0.4, 0.5) is 0 Å². The van der Waals surface area contributed by atoms with Crippen molar-refractivity contribution in [1.29, 1.82) is 0 Å². The first-order chi connectivity index (χ1) is 9.92. The summed E-state index contributed by atoms with van der Waals surface area (Å²) in [4.78, 5) is 10.8. The lowest BCUT2D eigenvalue weighted by Crippen LogP contribution is -2.09. The number of thioether (sulfide) groups is 1. The lowest BCUT2D eigenvalue weighted by molar-refractivity contribution is 0.653. The van der Waals surface area contributed by atoms with Crippen LogP contribution in [0.25, 0.3) is 11.2 Å². The van der Waals surface area contributed by atoms with Crippen LogP contribution in [0.1, 0.15) is 23.0 Å². The Labute approximate surface area is 126 Å². The smallest absolute Gasteiger partial charge is 0.160 e. The van der Waals surface area contributed by atoms with Crippen molar-refractivity contribution in [2.75, 3.05) is 11.5 Å². The molecule has 0 radical (unpaired) electrons. The van der Waals surface area contributed by atoms with Gasteiger partial charge in [-0.25, -0.2) is 9.97 Å². The lowest BCUT2D eigenvalue weighted by atomic mass is 10.1. The normalized spacial score (nSPS) is 18.9. The van der Waals surface area contributed by atoms with Crippen LogP contribution in [0.3, 0.4) is 0 Å². The van der Waals surface area contributed by atoms with Gasteiger partial charge in [0.25, 0.3) is 0 Å². The van der Waals surface area contributed by atoms with E-state index in [1.54, 1.807) is 11.3 Å². The standard InChI is InChI=1S/C15H15N3S2/c1-4-13-15(16-6-1)18(9-12-3-2-7-20-12)14(17-13)11-5-8-19-10-11/h1-4,6-7,11H,5,8-10H2. The molecule has 3 aromatic heterocycles. The van der Waals surface area contributed by atoms with E-state index < -0.39 is 0 Å². The Balaban J connectivity index is 1.83. The van der Waals surface area contributed by atoms with E-state index in [1.807, 2.05) is 24.0 Å². The number of pyridine rings is 1. The van der Waals surface area contributed by atoms with Crippen molar-refractivity contribution in [3.05, 3.63) is 46.5 Å². The maximum absolute atomic E-state index is 4.87. The summed E-state index contributed by atoms with van der Waals surface area (Å²) >= 11 is 3.83. The van der Waals surface area contributed by atoms with Crippen LogP contribution < -0.4 is 0 Å². The zero-order chi connectivity index (χ0) is 13.4. The summed E-state index contributed by atoms with van der Waals surface area (Å²) in [5.41, 5.74) is 2.05. The first kappa shape index (κ1) is 12.4. The molecule has 0 bridgehead atoms. The van der Waals surface area contributed by atoms with Gasteiger partial charge in [0, 0.05) is 22.7 Å². The molecule has 1 aliphatic rings. The fourth-order valence-corrected chi connectivity index (χ4v) is 4.65. The summed E-state index contributed by atoms with van der Waals surface area (Å²) in [7, 11) is 0. The monoisotopic (exact) mass is 301 g/mol. The second-order valence-corrected chi connectivity index (χ2v) is 7.22. The van der Waals surface area contributed by atoms with Gasteiger partial charge in [0.15, 0.2) is 5.65 Å². The Bertz CT molecular complexity index is 712. The van der Waals surface area contributed by atoms with Crippen molar-refractivity contribution >= 4 is 34.3 Å². The predicted molar refractivity (Wildman–Crippen MR) is 85.6 cm³/mol. The van der Waals surface area contributed by atoms with E-state index in [0.29, 0.717) is 5.92 Å². The van der Waals surface area contributed by atoms with E-state index in [1.165, 1.54) is 28.6 Å². The third kappa shape index (κ3) is 2.15. The van der Waals surface area contributed by atoms with Crippen LogP contribution in [0.5, 0.6) is 0 Å². The van der Waals surface area contributed by atoms with Gasteiger partial charge in [-0.05, 0) is 35.8 Å². The van der Waals surface area contributed by atoms with Gasteiger partial charge in [-0.1, -0.05) is 6.07 Å². The first-order valence-electron chi connectivity index (χ1n) is 6.83. The van der Waals surface area contributed by atoms with Crippen molar-refractivity contribution in [2.24, 2.45) is 0 Å². The van der Waals surface area contributed by atoms with Gasteiger partial charge in [-0.15, -0.1) is 11.3 Å². The number of fused-ring (bicyclic) bond motifs is 1. The Morgan fingerprint density at radius 3 is 3.10 bits per heavy atom. The van der Waals surface area contributed by atoms with Crippen LogP contribution in [0, 0.1) is 0 Å². The van der Waals surface area contributed by atoms with Gasteiger partial charge in [-0.2, -0.15) is 11.8 Å². The fourth-order valence-electron chi connectivity index (χ4n) is 2.74. The van der Waals surface area contributed by atoms with Gasteiger partial charge in [0.2, 0.25) is 0 Å². The molecule has 1 aliphatic heterocycles.